The van der Waals surface area contributed by atoms with E-state index in [2.05, 4.69) is 10.6 Å². The van der Waals surface area contributed by atoms with Crippen molar-refractivity contribution in [3.63, 3.8) is 0 Å². The van der Waals surface area contributed by atoms with E-state index in [1.165, 1.54) is 11.3 Å². The number of hydrogen-bond acceptors (Lipinski definition) is 4. The molecule has 0 aliphatic carbocycles. The summed E-state index contributed by atoms with van der Waals surface area (Å²) in [6.07, 6.45) is 0. The third kappa shape index (κ3) is 3.90. The molecule has 1 aromatic carbocycles. The summed E-state index contributed by atoms with van der Waals surface area (Å²) in [5.41, 5.74) is 6.39. The van der Waals surface area contributed by atoms with Gasteiger partial charge in [-0.15, -0.1) is 11.3 Å². The van der Waals surface area contributed by atoms with Crippen LogP contribution in [0, 0.1) is 6.92 Å². The standard InChI is InChI=1S/C15H17N3O2S/c1-10-9-12(14(20)17-8-7-16)15(21-10)18-13(19)11-5-3-2-4-6-11/h2-6,9H,7-8,16H2,1H3,(H,17,20)(H,18,19). The molecule has 1 aromatic heterocycles. The molecular weight excluding hydrogens is 286 g/mol. The highest BCUT2D eigenvalue weighted by Crippen LogP contribution is 2.28. The van der Waals surface area contributed by atoms with Crippen LogP contribution in [-0.4, -0.2) is 24.9 Å². The molecule has 4 N–H and O–H groups in total. The number of amides is 2. The Bertz CT molecular complexity index is 638. The number of thiophene rings is 1. The summed E-state index contributed by atoms with van der Waals surface area (Å²) < 4.78 is 0. The normalized spacial score (nSPS) is 10.2. The minimum Gasteiger partial charge on any atom is -0.351 e. The molecule has 0 atom stereocenters. The molecule has 2 aromatic rings. The number of nitrogens with two attached hydrogens (primary N) is 1. The highest BCUT2D eigenvalue weighted by Gasteiger charge is 2.17. The van der Waals surface area contributed by atoms with Crippen molar-refractivity contribution in [2.45, 2.75) is 6.92 Å². The third-order valence-corrected chi connectivity index (χ3v) is 3.76. The lowest BCUT2D eigenvalue weighted by atomic mass is 10.2. The van der Waals surface area contributed by atoms with E-state index in [1.54, 1.807) is 30.3 Å². The summed E-state index contributed by atoms with van der Waals surface area (Å²) in [5.74, 6) is -0.460. The van der Waals surface area contributed by atoms with Gasteiger partial charge in [-0.25, -0.2) is 0 Å². The molecule has 2 amide bonds. The SMILES string of the molecule is Cc1cc(C(=O)NCCN)c(NC(=O)c2ccccc2)s1. The summed E-state index contributed by atoms with van der Waals surface area (Å²) in [6, 6.07) is 10.6. The fraction of sp³-hybridized carbons (Fsp3) is 0.200. The molecule has 0 unspecified atom stereocenters. The Morgan fingerprint density at radius 2 is 1.90 bits per heavy atom. The molecule has 0 spiro atoms. The van der Waals surface area contributed by atoms with E-state index < -0.39 is 0 Å². The number of hydrogen-bond donors (Lipinski definition) is 3. The van der Waals surface area contributed by atoms with Gasteiger partial charge >= 0.3 is 0 Å². The van der Waals surface area contributed by atoms with E-state index in [-0.39, 0.29) is 11.8 Å². The second kappa shape index (κ2) is 7.01. The zero-order valence-electron chi connectivity index (χ0n) is 11.7. The van der Waals surface area contributed by atoms with Crippen molar-refractivity contribution in [3.8, 4) is 0 Å². The molecule has 21 heavy (non-hydrogen) atoms. The molecule has 0 bridgehead atoms. The molecule has 0 saturated heterocycles. The summed E-state index contributed by atoms with van der Waals surface area (Å²) >= 11 is 1.38. The van der Waals surface area contributed by atoms with E-state index in [9.17, 15) is 9.59 Å². The Morgan fingerprint density at radius 3 is 2.57 bits per heavy atom. The topological polar surface area (TPSA) is 84.2 Å². The third-order valence-electron chi connectivity index (χ3n) is 2.79. The van der Waals surface area contributed by atoms with Crippen molar-refractivity contribution in [3.05, 3.63) is 52.4 Å². The second-order valence-corrected chi connectivity index (χ2v) is 5.72. The van der Waals surface area contributed by atoms with Crippen molar-refractivity contribution >= 4 is 28.2 Å². The van der Waals surface area contributed by atoms with Gasteiger partial charge in [-0.1, -0.05) is 18.2 Å². The van der Waals surface area contributed by atoms with Gasteiger partial charge in [-0.05, 0) is 25.1 Å². The molecule has 0 saturated carbocycles. The lowest BCUT2D eigenvalue weighted by molar-refractivity contribution is 0.0956. The quantitative estimate of drug-likeness (QED) is 0.790. The van der Waals surface area contributed by atoms with Crippen LogP contribution in [0.2, 0.25) is 0 Å². The zero-order valence-corrected chi connectivity index (χ0v) is 12.5. The monoisotopic (exact) mass is 303 g/mol. The molecule has 2 rings (SSSR count). The van der Waals surface area contributed by atoms with Gasteiger partial charge in [-0.3, -0.25) is 9.59 Å². The van der Waals surface area contributed by atoms with Crippen LogP contribution < -0.4 is 16.4 Å². The Hall–Kier alpha value is -2.18. The first-order chi connectivity index (χ1) is 10.1. The first kappa shape index (κ1) is 15.2. The van der Waals surface area contributed by atoms with E-state index in [0.717, 1.165) is 4.88 Å². The van der Waals surface area contributed by atoms with Crippen molar-refractivity contribution < 1.29 is 9.59 Å². The van der Waals surface area contributed by atoms with Crippen LogP contribution in [0.3, 0.4) is 0 Å². The maximum atomic E-state index is 12.2. The van der Waals surface area contributed by atoms with Crippen LogP contribution in [-0.2, 0) is 0 Å². The number of carbonyl (C=O) groups is 2. The van der Waals surface area contributed by atoms with Gasteiger partial charge in [-0.2, -0.15) is 0 Å². The van der Waals surface area contributed by atoms with Crippen molar-refractivity contribution in [2.24, 2.45) is 5.73 Å². The summed E-state index contributed by atoms with van der Waals surface area (Å²) in [4.78, 5) is 25.2. The molecule has 0 aliphatic rings. The summed E-state index contributed by atoms with van der Waals surface area (Å²) in [7, 11) is 0. The summed E-state index contributed by atoms with van der Waals surface area (Å²) in [6.45, 7) is 2.67. The highest BCUT2D eigenvalue weighted by molar-refractivity contribution is 7.16. The molecule has 1 heterocycles. The maximum absolute atomic E-state index is 12.2. The van der Waals surface area contributed by atoms with E-state index in [1.807, 2.05) is 13.0 Å². The molecule has 0 fully saturated rings. The lowest BCUT2D eigenvalue weighted by Crippen LogP contribution is -2.29. The largest absolute Gasteiger partial charge is 0.351 e. The fourth-order valence-electron chi connectivity index (χ4n) is 1.82. The average Bonchev–Trinajstić information content (AvgIpc) is 2.86. The number of nitrogens with one attached hydrogen (secondary N) is 2. The highest BCUT2D eigenvalue weighted by atomic mass is 32.1. The van der Waals surface area contributed by atoms with Gasteiger partial charge in [0.2, 0.25) is 0 Å². The number of aryl methyl sites for hydroxylation is 1. The Labute approximate surface area is 127 Å². The number of carbonyl (C=O) groups excluding carboxylic acids is 2. The fourth-order valence-corrected chi connectivity index (χ4v) is 2.73. The summed E-state index contributed by atoms with van der Waals surface area (Å²) in [5, 5.41) is 6.05. The predicted octanol–water partition coefficient (Wildman–Crippen LogP) is 2.00. The minimum absolute atomic E-state index is 0.229. The van der Waals surface area contributed by atoms with Crippen LogP contribution in [0.4, 0.5) is 5.00 Å². The Morgan fingerprint density at radius 1 is 1.19 bits per heavy atom. The molecular formula is C15H17N3O2S. The second-order valence-electron chi connectivity index (χ2n) is 4.46. The van der Waals surface area contributed by atoms with Crippen molar-refractivity contribution in [1.82, 2.24) is 5.32 Å². The molecule has 110 valence electrons. The van der Waals surface area contributed by atoms with Crippen molar-refractivity contribution in [1.29, 1.82) is 0 Å². The number of rotatable bonds is 5. The van der Waals surface area contributed by atoms with Crippen LogP contribution in [0.25, 0.3) is 0 Å². The van der Waals surface area contributed by atoms with Crippen LogP contribution in [0.5, 0.6) is 0 Å². The molecule has 5 nitrogen and oxygen atoms in total. The number of anilines is 1. The van der Waals surface area contributed by atoms with Crippen molar-refractivity contribution in [2.75, 3.05) is 18.4 Å². The molecule has 6 heteroatoms. The Balaban J connectivity index is 2.17. The van der Waals surface area contributed by atoms with Gasteiger partial charge in [0.1, 0.15) is 5.00 Å². The average molecular weight is 303 g/mol. The lowest BCUT2D eigenvalue weighted by Gasteiger charge is -2.07. The molecule has 0 aliphatic heterocycles. The number of benzene rings is 1. The van der Waals surface area contributed by atoms with Gasteiger partial charge in [0.25, 0.3) is 11.8 Å². The first-order valence-corrected chi connectivity index (χ1v) is 7.38. The zero-order chi connectivity index (χ0) is 15.2. The maximum Gasteiger partial charge on any atom is 0.256 e. The van der Waals surface area contributed by atoms with Gasteiger partial charge in [0.15, 0.2) is 0 Å². The minimum atomic E-state index is -0.231. The predicted molar refractivity (Wildman–Crippen MR) is 84.8 cm³/mol. The smallest absolute Gasteiger partial charge is 0.256 e. The molecule has 0 radical (unpaired) electrons. The van der Waals surface area contributed by atoms with Crippen LogP contribution in [0.1, 0.15) is 25.6 Å². The van der Waals surface area contributed by atoms with Crippen LogP contribution in [0.15, 0.2) is 36.4 Å². The Kier molecular flexibility index (Phi) is 5.08. The first-order valence-electron chi connectivity index (χ1n) is 6.57. The van der Waals surface area contributed by atoms with E-state index in [4.69, 9.17) is 5.73 Å². The van der Waals surface area contributed by atoms with Crippen LogP contribution >= 0.6 is 11.3 Å². The van der Waals surface area contributed by atoms with Gasteiger partial charge in [0.05, 0.1) is 5.56 Å². The van der Waals surface area contributed by atoms with E-state index >= 15 is 0 Å². The van der Waals surface area contributed by atoms with E-state index in [0.29, 0.717) is 29.2 Å². The van der Waals surface area contributed by atoms with Gasteiger partial charge in [0, 0.05) is 23.5 Å². The van der Waals surface area contributed by atoms with Gasteiger partial charge < -0.3 is 16.4 Å².